The zero-order valence-electron chi connectivity index (χ0n) is 18.0. The van der Waals surface area contributed by atoms with Gasteiger partial charge in [-0.1, -0.05) is 35.9 Å². The molecule has 32 heavy (non-hydrogen) atoms. The SMILES string of the molecule is COc1ccc(N2CC(=O)N(c3ccc(C)cc3)C(c3ccccc3F)C2=O)c(OC)c1. The minimum Gasteiger partial charge on any atom is -0.497 e. The van der Waals surface area contributed by atoms with Gasteiger partial charge >= 0.3 is 0 Å². The second-order valence-electron chi connectivity index (χ2n) is 7.49. The fraction of sp³-hybridized carbons (Fsp3) is 0.200. The van der Waals surface area contributed by atoms with Gasteiger partial charge < -0.3 is 9.47 Å². The molecule has 1 saturated heterocycles. The van der Waals surface area contributed by atoms with Gasteiger partial charge in [0.2, 0.25) is 5.91 Å². The van der Waals surface area contributed by atoms with Crippen LogP contribution in [0.2, 0.25) is 0 Å². The van der Waals surface area contributed by atoms with Crippen molar-refractivity contribution in [2.75, 3.05) is 30.6 Å². The number of methoxy groups -OCH3 is 2. The summed E-state index contributed by atoms with van der Waals surface area (Å²) in [6, 6.07) is 17.1. The van der Waals surface area contributed by atoms with E-state index in [1.807, 2.05) is 19.1 Å². The number of aryl methyl sites for hydroxylation is 1. The predicted octanol–water partition coefficient (Wildman–Crippen LogP) is 4.27. The van der Waals surface area contributed by atoms with Gasteiger partial charge in [-0.3, -0.25) is 19.4 Å². The quantitative estimate of drug-likeness (QED) is 0.602. The van der Waals surface area contributed by atoms with Crippen LogP contribution in [0.15, 0.2) is 66.7 Å². The molecule has 0 aliphatic carbocycles. The number of amides is 2. The highest BCUT2D eigenvalue weighted by atomic mass is 19.1. The van der Waals surface area contributed by atoms with E-state index < -0.39 is 17.8 Å². The molecule has 1 aliphatic heterocycles. The number of carbonyl (C=O) groups is 2. The molecule has 1 aliphatic rings. The zero-order valence-corrected chi connectivity index (χ0v) is 18.0. The van der Waals surface area contributed by atoms with E-state index in [-0.39, 0.29) is 18.0 Å². The highest BCUT2D eigenvalue weighted by Gasteiger charge is 2.43. The number of nitrogens with zero attached hydrogens (tertiary/aromatic N) is 2. The van der Waals surface area contributed by atoms with Crippen molar-refractivity contribution in [3.8, 4) is 11.5 Å². The molecule has 3 aromatic carbocycles. The largest absolute Gasteiger partial charge is 0.497 e. The van der Waals surface area contributed by atoms with Crippen LogP contribution < -0.4 is 19.3 Å². The summed E-state index contributed by atoms with van der Waals surface area (Å²) < 4.78 is 25.5. The van der Waals surface area contributed by atoms with E-state index in [0.717, 1.165) is 5.56 Å². The van der Waals surface area contributed by atoms with E-state index in [0.29, 0.717) is 22.9 Å². The molecular formula is C25H23FN2O4. The average Bonchev–Trinajstić information content (AvgIpc) is 2.81. The van der Waals surface area contributed by atoms with Crippen molar-refractivity contribution in [1.82, 2.24) is 0 Å². The molecule has 0 saturated carbocycles. The third-order valence-electron chi connectivity index (χ3n) is 5.51. The first-order valence-electron chi connectivity index (χ1n) is 10.1. The van der Waals surface area contributed by atoms with Gasteiger partial charge in [-0.15, -0.1) is 0 Å². The Hall–Kier alpha value is -3.87. The van der Waals surface area contributed by atoms with Gasteiger partial charge in [0.05, 0.1) is 19.9 Å². The van der Waals surface area contributed by atoms with Crippen molar-refractivity contribution in [2.45, 2.75) is 13.0 Å². The van der Waals surface area contributed by atoms with Crippen LogP contribution in [0.4, 0.5) is 15.8 Å². The molecule has 1 atom stereocenters. The molecule has 164 valence electrons. The molecule has 1 unspecified atom stereocenters. The topological polar surface area (TPSA) is 59.1 Å². The number of benzene rings is 3. The first-order valence-corrected chi connectivity index (χ1v) is 10.1. The van der Waals surface area contributed by atoms with Crippen LogP contribution in [0, 0.1) is 12.7 Å². The molecule has 1 heterocycles. The summed E-state index contributed by atoms with van der Waals surface area (Å²) in [4.78, 5) is 29.9. The maximum absolute atomic E-state index is 14.9. The predicted molar refractivity (Wildman–Crippen MR) is 120 cm³/mol. The Labute approximate surface area is 185 Å². The number of piperazine rings is 1. The number of hydrogen-bond donors (Lipinski definition) is 0. The Morgan fingerprint density at radius 3 is 2.31 bits per heavy atom. The third-order valence-corrected chi connectivity index (χ3v) is 5.51. The number of anilines is 2. The molecule has 1 fully saturated rings. The van der Waals surface area contributed by atoms with Crippen LogP contribution >= 0.6 is 0 Å². The highest BCUT2D eigenvalue weighted by molar-refractivity contribution is 6.15. The molecule has 7 heteroatoms. The van der Waals surface area contributed by atoms with Crippen molar-refractivity contribution in [3.05, 3.63) is 83.7 Å². The lowest BCUT2D eigenvalue weighted by molar-refractivity contribution is -0.128. The first kappa shape index (κ1) is 21.4. The molecular weight excluding hydrogens is 411 g/mol. The lowest BCUT2D eigenvalue weighted by Gasteiger charge is -2.40. The standard InChI is InChI=1S/C25H23FN2O4/c1-16-8-10-17(11-9-16)28-23(29)15-27(21-13-12-18(31-2)14-22(21)32-3)25(30)24(28)19-6-4-5-7-20(19)26/h4-14,24H,15H2,1-3H3. The van der Waals surface area contributed by atoms with Crippen molar-refractivity contribution >= 4 is 23.2 Å². The molecule has 0 spiro atoms. The summed E-state index contributed by atoms with van der Waals surface area (Å²) in [5.74, 6) is -0.396. The normalized spacial score (nSPS) is 16.3. The lowest BCUT2D eigenvalue weighted by atomic mass is 9.98. The van der Waals surface area contributed by atoms with E-state index in [2.05, 4.69) is 0 Å². The Morgan fingerprint density at radius 2 is 1.66 bits per heavy atom. The summed E-state index contributed by atoms with van der Waals surface area (Å²) >= 11 is 0. The van der Waals surface area contributed by atoms with Gasteiger partial charge in [0, 0.05) is 17.3 Å². The number of halogens is 1. The van der Waals surface area contributed by atoms with Crippen molar-refractivity contribution < 1.29 is 23.5 Å². The Balaban J connectivity index is 1.84. The molecule has 0 N–H and O–H groups in total. The van der Waals surface area contributed by atoms with Crippen LogP contribution in [0.1, 0.15) is 17.2 Å². The Kier molecular flexibility index (Phi) is 5.81. The van der Waals surface area contributed by atoms with Gasteiger partial charge in [0.15, 0.2) is 0 Å². The van der Waals surface area contributed by atoms with Crippen LogP contribution in [0.25, 0.3) is 0 Å². The minimum absolute atomic E-state index is 0.128. The lowest BCUT2D eigenvalue weighted by Crippen LogP contribution is -2.56. The molecule has 3 aromatic rings. The maximum atomic E-state index is 14.9. The first-order chi connectivity index (χ1) is 15.4. The Morgan fingerprint density at radius 1 is 0.938 bits per heavy atom. The van der Waals surface area contributed by atoms with Gasteiger partial charge in [0.1, 0.15) is 29.9 Å². The Bertz CT molecular complexity index is 1160. The monoisotopic (exact) mass is 434 g/mol. The number of carbonyl (C=O) groups excluding carboxylic acids is 2. The molecule has 6 nitrogen and oxygen atoms in total. The summed E-state index contributed by atoms with van der Waals surface area (Å²) in [5, 5.41) is 0. The molecule has 0 bridgehead atoms. The summed E-state index contributed by atoms with van der Waals surface area (Å²) in [6.07, 6.45) is 0. The van der Waals surface area contributed by atoms with Gasteiger partial charge in [-0.2, -0.15) is 0 Å². The maximum Gasteiger partial charge on any atom is 0.255 e. The second kappa shape index (κ2) is 8.70. The highest BCUT2D eigenvalue weighted by Crippen LogP contribution is 2.39. The van der Waals surface area contributed by atoms with E-state index in [9.17, 15) is 14.0 Å². The van der Waals surface area contributed by atoms with Crippen LogP contribution in [-0.4, -0.2) is 32.6 Å². The number of hydrogen-bond acceptors (Lipinski definition) is 4. The van der Waals surface area contributed by atoms with Crippen LogP contribution in [-0.2, 0) is 9.59 Å². The molecule has 0 radical (unpaired) electrons. The zero-order chi connectivity index (χ0) is 22.8. The average molecular weight is 434 g/mol. The van der Waals surface area contributed by atoms with E-state index in [1.165, 1.54) is 36.2 Å². The third kappa shape index (κ3) is 3.77. The fourth-order valence-electron chi connectivity index (χ4n) is 3.87. The van der Waals surface area contributed by atoms with Crippen molar-refractivity contribution in [3.63, 3.8) is 0 Å². The van der Waals surface area contributed by atoms with Crippen LogP contribution in [0.3, 0.4) is 0 Å². The number of rotatable bonds is 5. The van der Waals surface area contributed by atoms with Crippen LogP contribution in [0.5, 0.6) is 11.5 Å². The molecule has 0 aromatic heterocycles. The summed E-state index contributed by atoms with van der Waals surface area (Å²) in [5.41, 5.74) is 2.08. The van der Waals surface area contributed by atoms with E-state index in [4.69, 9.17) is 9.47 Å². The van der Waals surface area contributed by atoms with E-state index in [1.54, 1.807) is 42.5 Å². The summed E-state index contributed by atoms with van der Waals surface area (Å²) in [6.45, 7) is 1.72. The van der Waals surface area contributed by atoms with Gasteiger partial charge in [-0.25, -0.2) is 4.39 Å². The molecule has 4 rings (SSSR count). The van der Waals surface area contributed by atoms with E-state index >= 15 is 0 Å². The minimum atomic E-state index is -1.16. The van der Waals surface area contributed by atoms with Crippen molar-refractivity contribution in [2.24, 2.45) is 0 Å². The molecule has 2 amide bonds. The summed E-state index contributed by atoms with van der Waals surface area (Å²) in [7, 11) is 3.00. The fourth-order valence-corrected chi connectivity index (χ4v) is 3.87. The van der Waals surface area contributed by atoms with Gasteiger partial charge in [0.25, 0.3) is 5.91 Å². The second-order valence-corrected chi connectivity index (χ2v) is 7.49. The number of ether oxygens (including phenoxy) is 2. The van der Waals surface area contributed by atoms with Crippen molar-refractivity contribution in [1.29, 1.82) is 0 Å². The smallest absolute Gasteiger partial charge is 0.255 e. The van der Waals surface area contributed by atoms with Gasteiger partial charge in [-0.05, 0) is 37.3 Å².